The van der Waals surface area contributed by atoms with Crippen molar-refractivity contribution in [3.63, 3.8) is 0 Å². The molecule has 1 aromatic rings. The molecule has 0 saturated carbocycles. The van der Waals surface area contributed by atoms with Gasteiger partial charge in [0, 0.05) is 4.91 Å². The highest BCUT2D eigenvalue weighted by molar-refractivity contribution is 5.89. The van der Waals surface area contributed by atoms with Crippen LogP contribution in [0.5, 0.6) is 0 Å². The molecule has 122 valence electrons. The van der Waals surface area contributed by atoms with Gasteiger partial charge in [-0.15, -0.1) is 0 Å². The van der Waals surface area contributed by atoms with E-state index in [0.717, 1.165) is 0 Å². The van der Waals surface area contributed by atoms with E-state index < -0.39 is 36.4 Å². The van der Waals surface area contributed by atoms with Gasteiger partial charge in [-0.2, -0.15) is 0 Å². The number of fused-ring (bicyclic) bond motifs is 1. The fraction of sp³-hybridized carbons (Fsp3) is 0.533. The van der Waals surface area contributed by atoms with Crippen molar-refractivity contribution in [1.29, 1.82) is 0 Å². The fourth-order valence-electron chi connectivity index (χ4n) is 2.75. The number of esters is 1. The van der Waals surface area contributed by atoms with E-state index in [0.29, 0.717) is 5.56 Å². The summed E-state index contributed by atoms with van der Waals surface area (Å²) in [4.78, 5) is 14.9. The molecule has 2 aliphatic heterocycles. The van der Waals surface area contributed by atoms with Crippen molar-refractivity contribution in [3.8, 4) is 0 Å². The molecule has 2 fully saturated rings. The average molecular weight is 319 g/mol. The predicted molar refractivity (Wildman–Crippen MR) is 78.4 cm³/mol. The normalized spacial score (nSPS) is 31.2. The third-order valence-electron chi connectivity index (χ3n) is 3.66. The lowest BCUT2D eigenvalue weighted by molar-refractivity contribution is -0.218. The molecule has 1 aromatic carbocycles. The van der Waals surface area contributed by atoms with Crippen molar-refractivity contribution in [1.82, 2.24) is 0 Å². The minimum Gasteiger partial charge on any atom is -0.429 e. The molecule has 8 heteroatoms. The highest BCUT2D eigenvalue weighted by Crippen LogP contribution is 2.39. The van der Waals surface area contributed by atoms with E-state index in [1.54, 1.807) is 38.1 Å². The van der Waals surface area contributed by atoms with Crippen LogP contribution < -0.4 is 0 Å². The van der Waals surface area contributed by atoms with Crippen LogP contribution in [0.25, 0.3) is 10.4 Å². The Morgan fingerprint density at radius 3 is 2.70 bits per heavy atom. The van der Waals surface area contributed by atoms with Gasteiger partial charge in [-0.25, -0.2) is 4.79 Å². The molecule has 2 saturated heterocycles. The SMILES string of the molecule is CC1(C)O[C@@H]2[C@@H](OC(=O)c3ccccc3)O[C@H](CN=[N+]=[N-])[C@@H]2O1. The second-order valence-corrected chi connectivity index (χ2v) is 5.79. The summed E-state index contributed by atoms with van der Waals surface area (Å²) in [6.45, 7) is 3.62. The van der Waals surface area contributed by atoms with E-state index in [4.69, 9.17) is 24.5 Å². The van der Waals surface area contributed by atoms with E-state index in [-0.39, 0.29) is 6.54 Å². The lowest BCUT2D eigenvalue weighted by atomic mass is 10.1. The van der Waals surface area contributed by atoms with Gasteiger partial charge in [0.25, 0.3) is 0 Å². The third-order valence-corrected chi connectivity index (χ3v) is 3.66. The zero-order chi connectivity index (χ0) is 16.4. The first kappa shape index (κ1) is 15.8. The maximum absolute atomic E-state index is 12.2. The van der Waals surface area contributed by atoms with Gasteiger partial charge in [0.1, 0.15) is 6.10 Å². The molecule has 0 bridgehead atoms. The highest BCUT2D eigenvalue weighted by Gasteiger charge is 2.56. The van der Waals surface area contributed by atoms with Gasteiger partial charge >= 0.3 is 5.97 Å². The summed E-state index contributed by atoms with van der Waals surface area (Å²) in [5.41, 5.74) is 8.90. The number of hydrogen-bond donors (Lipinski definition) is 0. The van der Waals surface area contributed by atoms with Crippen molar-refractivity contribution in [3.05, 3.63) is 46.3 Å². The minimum atomic E-state index is -0.909. The van der Waals surface area contributed by atoms with Gasteiger partial charge in [-0.05, 0) is 31.5 Å². The minimum absolute atomic E-state index is 0.0799. The van der Waals surface area contributed by atoms with Gasteiger partial charge < -0.3 is 18.9 Å². The van der Waals surface area contributed by atoms with E-state index >= 15 is 0 Å². The fourth-order valence-corrected chi connectivity index (χ4v) is 2.75. The number of nitrogens with zero attached hydrogens (tertiary/aromatic N) is 3. The van der Waals surface area contributed by atoms with Crippen LogP contribution in [0.15, 0.2) is 35.4 Å². The Kier molecular flexibility index (Phi) is 4.23. The summed E-state index contributed by atoms with van der Waals surface area (Å²) in [5, 5.41) is 3.51. The third kappa shape index (κ3) is 3.30. The summed E-state index contributed by atoms with van der Waals surface area (Å²) in [6, 6.07) is 8.62. The van der Waals surface area contributed by atoms with Crippen LogP contribution in [0.4, 0.5) is 0 Å². The van der Waals surface area contributed by atoms with Crippen molar-refractivity contribution in [2.24, 2.45) is 5.11 Å². The van der Waals surface area contributed by atoms with Crippen LogP contribution in [-0.2, 0) is 18.9 Å². The Hall–Kier alpha value is -2.12. The molecular weight excluding hydrogens is 302 g/mol. The van der Waals surface area contributed by atoms with E-state index in [1.165, 1.54) is 0 Å². The molecule has 0 aromatic heterocycles. The Morgan fingerprint density at radius 2 is 2.00 bits per heavy atom. The van der Waals surface area contributed by atoms with Gasteiger partial charge in [0.15, 0.2) is 11.9 Å². The van der Waals surface area contributed by atoms with E-state index in [9.17, 15) is 4.79 Å². The zero-order valence-electron chi connectivity index (χ0n) is 12.8. The van der Waals surface area contributed by atoms with Gasteiger partial charge in [-0.3, -0.25) is 0 Å². The average Bonchev–Trinajstić information content (AvgIpc) is 3.00. The van der Waals surface area contributed by atoms with Crippen LogP contribution in [-0.4, -0.2) is 42.9 Å². The molecule has 4 atom stereocenters. The Morgan fingerprint density at radius 1 is 1.30 bits per heavy atom. The Balaban J connectivity index is 1.74. The number of carbonyl (C=O) groups is 1. The number of azide groups is 1. The predicted octanol–water partition coefficient (Wildman–Crippen LogP) is 2.40. The van der Waals surface area contributed by atoms with Gasteiger partial charge in [-0.1, -0.05) is 23.3 Å². The highest BCUT2D eigenvalue weighted by atomic mass is 16.8. The molecule has 0 aliphatic carbocycles. The Bertz CT molecular complexity index is 629. The summed E-state index contributed by atoms with van der Waals surface area (Å²) in [5.74, 6) is -1.32. The molecule has 23 heavy (non-hydrogen) atoms. The quantitative estimate of drug-likeness (QED) is 0.367. The van der Waals surface area contributed by atoms with E-state index in [1.807, 2.05) is 6.07 Å². The van der Waals surface area contributed by atoms with Crippen LogP contribution in [0, 0.1) is 0 Å². The molecule has 0 N–H and O–H groups in total. The second-order valence-electron chi connectivity index (χ2n) is 5.79. The van der Waals surface area contributed by atoms with Crippen molar-refractivity contribution >= 4 is 5.97 Å². The molecule has 2 heterocycles. The van der Waals surface area contributed by atoms with Gasteiger partial charge in [0.2, 0.25) is 6.29 Å². The molecule has 0 spiro atoms. The number of benzene rings is 1. The number of rotatable bonds is 4. The molecule has 8 nitrogen and oxygen atoms in total. The van der Waals surface area contributed by atoms with Crippen molar-refractivity contribution in [2.45, 2.75) is 44.2 Å². The Labute approximate surface area is 132 Å². The largest absolute Gasteiger partial charge is 0.429 e. The first-order valence-electron chi connectivity index (χ1n) is 7.28. The summed E-state index contributed by atoms with van der Waals surface area (Å²) < 4.78 is 22.6. The monoisotopic (exact) mass is 319 g/mol. The number of carbonyl (C=O) groups excluding carboxylic acids is 1. The van der Waals surface area contributed by atoms with Crippen LogP contribution in [0.3, 0.4) is 0 Å². The molecule has 3 rings (SSSR count). The molecule has 2 aliphatic rings. The lowest BCUT2D eigenvalue weighted by Crippen LogP contribution is -2.33. The first-order chi connectivity index (χ1) is 11.0. The molecule has 0 radical (unpaired) electrons. The van der Waals surface area contributed by atoms with Crippen LogP contribution in [0.1, 0.15) is 24.2 Å². The van der Waals surface area contributed by atoms with Crippen molar-refractivity contribution in [2.75, 3.05) is 6.54 Å². The first-order valence-corrected chi connectivity index (χ1v) is 7.28. The topological polar surface area (TPSA) is 103 Å². The maximum atomic E-state index is 12.2. The summed E-state index contributed by atoms with van der Waals surface area (Å²) in [6.07, 6.45) is -2.44. The van der Waals surface area contributed by atoms with Crippen LogP contribution >= 0.6 is 0 Å². The number of ether oxygens (including phenoxy) is 4. The van der Waals surface area contributed by atoms with Crippen LogP contribution in [0.2, 0.25) is 0 Å². The smallest absolute Gasteiger partial charge is 0.340 e. The maximum Gasteiger partial charge on any atom is 0.340 e. The lowest BCUT2D eigenvalue weighted by Gasteiger charge is -2.23. The standard InChI is InChI=1S/C15H17N3O5/c1-15(2)22-11-10(8-17-18-16)20-14(12(11)23-15)21-13(19)9-6-4-3-5-7-9/h3-7,10-12,14H,8H2,1-2H3/t10-,11+,12+,14-/m1/s1. The van der Waals surface area contributed by atoms with Crippen molar-refractivity contribution < 1.29 is 23.7 Å². The molecule has 0 amide bonds. The van der Waals surface area contributed by atoms with Gasteiger partial charge in [0.05, 0.1) is 18.2 Å². The molecular formula is C15H17N3O5. The van der Waals surface area contributed by atoms with E-state index in [2.05, 4.69) is 10.0 Å². The zero-order valence-corrected chi connectivity index (χ0v) is 12.8. The summed E-state index contributed by atoms with van der Waals surface area (Å²) in [7, 11) is 0. The number of hydrogen-bond acceptors (Lipinski definition) is 6. The second kappa shape index (κ2) is 6.17. The molecule has 0 unspecified atom stereocenters. The summed E-state index contributed by atoms with van der Waals surface area (Å²) >= 11 is 0.